The summed E-state index contributed by atoms with van der Waals surface area (Å²) in [6.07, 6.45) is 0.964. The van der Waals surface area contributed by atoms with Gasteiger partial charge in [0.05, 0.1) is 0 Å². The van der Waals surface area contributed by atoms with Crippen LogP contribution in [0.3, 0.4) is 0 Å². The highest BCUT2D eigenvalue weighted by atomic mass is 32.1. The molecule has 2 N–H and O–H groups in total. The lowest BCUT2D eigenvalue weighted by Gasteiger charge is -2.19. The van der Waals surface area contributed by atoms with Crippen molar-refractivity contribution in [2.24, 2.45) is 0 Å². The first-order valence-electron chi connectivity index (χ1n) is 7.64. The van der Waals surface area contributed by atoms with Gasteiger partial charge in [-0.2, -0.15) is 0 Å². The second-order valence-electron chi connectivity index (χ2n) is 6.44. The Bertz CT molecular complexity index is 598. The number of benzene rings is 2. The normalized spacial score (nSPS) is 11.0. The standard InChI is InChI=1S/C19H24N2S/c1-19(2,3)16-9-11-17(12-10-16)21-18(22)20-14-13-15-7-5-4-6-8-15/h4-12H,13-14H2,1-3H3,(H2,20,21,22). The second kappa shape index (κ2) is 7.41. The van der Waals surface area contributed by atoms with E-state index in [0.717, 1.165) is 18.7 Å². The van der Waals surface area contributed by atoms with E-state index >= 15 is 0 Å². The summed E-state index contributed by atoms with van der Waals surface area (Å²) >= 11 is 5.34. The average Bonchev–Trinajstić information content (AvgIpc) is 2.48. The van der Waals surface area contributed by atoms with E-state index in [2.05, 4.69) is 79.9 Å². The van der Waals surface area contributed by atoms with Gasteiger partial charge in [0.25, 0.3) is 0 Å². The molecular weight excluding hydrogens is 288 g/mol. The van der Waals surface area contributed by atoms with Crippen LogP contribution in [-0.4, -0.2) is 11.7 Å². The third kappa shape index (κ3) is 5.15. The number of anilines is 1. The smallest absolute Gasteiger partial charge is 0.170 e. The van der Waals surface area contributed by atoms with Crippen LogP contribution in [0.15, 0.2) is 54.6 Å². The third-order valence-corrected chi connectivity index (χ3v) is 3.80. The van der Waals surface area contributed by atoms with Gasteiger partial charge in [-0.25, -0.2) is 0 Å². The third-order valence-electron chi connectivity index (χ3n) is 3.55. The molecule has 0 saturated heterocycles. The van der Waals surface area contributed by atoms with Crippen LogP contribution in [0.2, 0.25) is 0 Å². The molecule has 22 heavy (non-hydrogen) atoms. The highest BCUT2D eigenvalue weighted by Gasteiger charge is 2.12. The summed E-state index contributed by atoms with van der Waals surface area (Å²) in [6, 6.07) is 18.9. The molecule has 0 fully saturated rings. The van der Waals surface area contributed by atoms with Crippen LogP contribution in [0.1, 0.15) is 31.9 Å². The van der Waals surface area contributed by atoms with Gasteiger partial charge < -0.3 is 10.6 Å². The topological polar surface area (TPSA) is 24.1 Å². The Morgan fingerprint density at radius 3 is 2.18 bits per heavy atom. The number of rotatable bonds is 4. The van der Waals surface area contributed by atoms with Gasteiger partial charge in [0, 0.05) is 12.2 Å². The minimum atomic E-state index is 0.174. The fraction of sp³-hybridized carbons (Fsp3) is 0.316. The molecule has 2 aromatic carbocycles. The Kier molecular flexibility index (Phi) is 5.56. The van der Waals surface area contributed by atoms with Gasteiger partial charge in [-0.1, -0.05) is 63.2 Å². The van der Waals surface area contributed by atoms with Crippen molar-refractivity contribution >= 4 is 23.0 Å². The fourth-order valence-electron chi connectivity index (χ4n) is 2.19. The summed E-state index contributed by atoms with van der Waals surface area (Å²) in [5.74, 6) is 0. The van der Waals surface area contributed by atoms with E-state index in [-0.39, 0.29) is 5.41 Å². The van der Waals surface area contributed by atoms with Crippen LogP contribution in [0, 0.1) is 0 Å². The highest BCUT2D eigenvalue weighted by molar-refractivity contribution is 7.80. The van der Waals surface area contributed by atoms with E-state index in [1.165, 1.54) is 11.1 Å². The molecule has 0 saturated carbocycles. The first kappa shape index (κ1) is 16.5. The van der Waals surface area contributed by atoms with Crippen LogP contribution in [0.4, 0.5) is 5.69 Å². The molecule has 0 aliphatic carbocycles. The predicted octanol–water partition coefficient (Wildman–Crippen LogP) is 4.51. The lowest BCUT2D eigenvalue weighted by molar-refractivity contribution is 0.590. The molecule has 0 aliphatic rings. The Balaban J connectivity index is 1.79. The van der Waals surface area contributed by atoms with E-state index in [0.29, 0.717) is 5.11 Å². The Labute approximate surface area is 139 Å². The quantitative estimate of drug-likeness (QED) is 0.812. The maximum absolute atomic E-state index is 5.34. The maximum Gasteiger partial charge on any atom is 0.170 e. The molecule has 0 unspecified atom stereocenters. The summed E-state index contributed by atoms with van der Waals surface area (Å²) in [4.78, 5) is 0. The van der Waals surface area contributed by atoms with Crippen molar-refractivity contribution in [1.82, 2.24) is 5.32 Å². The zero-order valence-electron chi connectivity index (χ0n) is 13.5. The van der Waals surface area contributed by atoms with E-state index < -0.39 is 0 Å². The van der Waals surface area contributed by atoms with Gasteiger partial charge in [0.1, 0.15) is 0 Å². The van der Waals surface area contributed by atoms with Crippen LogP contribution >= 0.6 is 12.2 Å². The van der Waals surface area contributed by atoms with Gasteiger partial charge in [0.2, 0.25) is 0 Å². The van der Waals surface area contributed by atoms with Gasteiger partial charge >= 0.3 is 0 Å². The molecular formula is C19H24N2S. The number of nitrogens with one attached hydrogen (secondary N) is 2. The molecule has 2 rings (SSSR count). The summed E-state index contributed by atoms with van der Waals surface area (Å²) in [6.45, 7) is 7.47. The minimum absolute atomic E-state index is 0.174. The van der Waals surface area contributed by atoms with E-state index in [1.54, 1.807) is 0 Å². The van der Waals surface area contributed by atoms with Crippen molar-refractivity contribution in [2.45, 2.75) is 32.6 Å². The highest BCUT2D eigenvalue weighted by Crippen LogP contribution is 2.23. The lowest BCUT2D eigenvalue weighted by atomic mass is 9.87. The van der Waals surface area contributed by atoms with Crippen molar-refractivity contribution in [2.75, 3.05) is 11.9 Å². The number of hydrogen-bond donors (Lipinski definition) is 2. The first-order valence-corrected chi connectivity index (χ1v) is 8.05. The Morgan fingerprint density at radius 1 is 0.955 bits per heavy atom. The summed E-state index contributed by atoms with van der Waals surface area (Å²) in [5, 5.41) is 7.14. The Hall–Kier alpha value is -1.87. The van der Waals surface area contributed by atoms with Crippen molar-refractivity contribution in [1.29, 1.82) is 0 Å². The fourth-order valence-corrected chi connectivity index (χ4v) is 2.41. The maximum atomic E-state index is 5.34. The second-order valence-corrected chi connectivity index (χ2v) is 6.85. The summed E-state index contributed by atoms with van der Waals surface area (Å²) < 4.78 is 0. The molecule has 0 amide bonds. The number of thiocarbonyl (C=S) groups is 1. The van der Waals surface area contributed by atoms with Crippen molar-refractivity contribution < 1.29 is 0 Å². The predicted molar refractivity (Wildman–Crippen MR) is 99.5 cm³/mol. The van der Waals surface area contributed by atoms with Crippen LogP contribution < -0.4 is 10.6 Å². The largest absolute Gasteiger partial charge is 0.362 e. The number of hydrogen-bond acceptors (Lipinski definition) is 1. The zero-order valence-corrected chi connectivity index (χ0v) is 14.3. The van der Waals surface area contributed by atoms with E-state index in [1.807, 2.05) is 6.07 Å². The monoisotopic (exact) mass is 312 g/mol. The zero-order chi connectivity index (χ0) is 16.0. The SMILES string of the molecule is CC(C)(C)c1ccc(NC(=S)NCCc2ccccc2)cc1. The van der Waals surface area contributed by atoms with E-state index in [4.69, 9.17) is 12.2 Å². The van der Waals surface area contributed by atoms with Crippen LogP contribution in [-0.2, 0) is 11.8 Å². The molecule has 0 heterocycles. The van der Waals surface area contributed by atoms with Gasteiger partial charge in [-0.3, -0.25) is 0 Å². The molecule has 0 aromatic heterocycles. The molecule has 0 atom stereocenters. The molecule has 0 radical (unpaired) electrons. The average molecular weight is 312 g/mol. The van der Waals surface area contributed by atoms with Crippen molar-refractivity contribution in [3.63, 3.8) is 0 Å². The first-order chi connectivity index (χ1) is 10.4. The molecule has 3 heteroatoms. The molecule has 0 bridgehead atoms. The van der Waals surface area contributed by atoms with E-state index in [9.17, 15) is 0 Å². The summed E-state index contributed by atoms with van der Waals surface area (Å²) in [5.41, 5.74) is 3.83. The van der Waals surface area contributed by atoms with Gasteiger partial charge in [0.15, 0.2) is 5.11 Å². The van der Waals surface area contributed by atoms with Crippen molar-refractivity contribution in [3.8, 4) is 0 Å². The molecule has 0 aliphatic heterocycles. The molecule has 0 spiro atoms. The Morgan fingerprint density at radius 2 is 1.59 bits per heavy atom. The van der Waals surface area contributed by atoms with Crippen LogP contribution in [0.25, 0.3) is 0 Å². The lowest BCUT2D eigenvalue weighted by Crippen LogP contribution is -2.30. The minimum Gasteiger partial charge on any atom is -0.362 e. The van der Waals surface area contributed by atoms with Crippen LogP contribution in [0.5, 0.6) is 0 Å². The summed E-state index contributed by atoms with van der Waals surface area (Å²) in [7, 11) is 0. The van der Waals surface area contributed by atoms with Gasteiger partial charge in [-0.15, -0.1) is 0 Å². The molecule has 116 valence electrons. The van der Waals surface area contributed by atoms with Crippen molar-refractivity contribution in [3.05, 3.63) is 65.7 Å². The molecule has 2 aromatic rings. The van der Waals surface area contributed by atoms with Gasteiger partial charge in [-0.05, 0) is 47.3 Å². The molecule has 2 nitrogen and oxygen atoms in total.